The van der Waals surface area contributed by atoms with Crippen molar-refractivity contribution in [3.8, 4) is 0 Å². The first kappa shape index (κ1) is 23.8. The quantitative estimate of drug-likeness (QED) is 0.259. The molecule has 6 N–H and O–H groups in total. The van der Waals surface area contributed by atoms with Gasteiger partial charge >= 0.3 is 12.2 Å². The maximum absolute atomic E-state index is 11.3. The van der Waals surface area contributed by atoms with Crippen LogP contribution in [0.2, 0.25) is 0 Å². The molecule has 2 unspecified atom stereocenters. The highest BCUT2D eigenvalue weighted by atomic mass is 16.4. The van der Waals surface area contributed by atoms with Crippen LogP contribution in [0.3, 0.4) is 0 Å². The van der Waals surface area contributed by atoms with Crippen LogP contribution in [-0.2, 0) is 9.59 Å². The van der Waals surface area contributed by atoms with Crippen LogP contribution in [0.1, 0.15) is 52.4 Å². The molecule has 2 atom stereocenters. The Hall–Kier alpha value is -2.20. The van der Waals surface area contributed by atoms with Crippen molar-refractivity contribution >= 4 is 24.0 Å². The van der Waals surface area contributed by atoms with Gasteiger partial charge in [0.2, 0.25) is 11.8 Å². The fraction of sp³-hybridized carbons (Fsp3) is 0.750. The SMILES string of the molecule is CC(NCCCCCCCCNC(C)C(=O)NC(=O)O)C(=O)NC(=O)O. The van der Waals surface area contributed by atoms with Gasteiger partial charge in [0.05, 0.1) is 12.1 Å². The molecule has 0 saturated carbocycles. The molecule has 0 aliphatic rings. The third kappa shape index (κ3) is 13.1. The van der Waals surface area contributed by atoms with Gasteiger partial charge in [-0.3, -0.25) is 20.2 Å². The van der Waals surface area contributed by atoms with Gasteiger partial charge in [-0.25, -0.2) is 9.59 Å². The molecule has 10 nitrogen and oxygen atoms in total. The van der Waals surface area contributed by atoms with E-state index >= 15 is 0 Å². The summed E-state index contributed by atoms with van der Waals surface area (Å²) in [5.74, 6) is -1.12. The van der Waals surface area contributed by atoms with Gasteiger partial charge in [0, 0.05) is 0 Å². The summed E-state index contributed by atoms with van der Waals surface area (Å²) in [5, 5.41) is 26.4. The first-order chi connectivity index (χ1) is 12.2. The molecule has 0 aliphatic carbocycles. The molecule has 26 heavy (non-hydrogen) atoms. The van der Waals surface area contributed by atoms with Gasteiger partial charge in [0.1, 0.15) is 0 Å². The van der Waals surface area contributed by atoms with E-state index in [1.54, 1.807) is 24.5 Å². The van der Waals surface area contributed by atoms with E-state index in [2.05, 4.69) is 10.6 Å². The number of hydrogen-bond donors (Lipinski definition) is 6. The summed E-state index contributed by atoms with van der Waals surface area (Å²) in [6.07, 6.45) is 3.20. The summed E-state index contributed by atoms with van der Waals surface area (Å²) in [6.45, 7) is 4.52. The van der Waals surface area contributed by atoms with Gasteiger partial charge in [0.15, 0.2) is 0 Å². The fourth-order valence-electron chi connectivity index (χ4n) is 2.21. The van der Waals surface area contributed by atoms with Gasteiger partial charge in [-0.2, -0.15) is 0 Å². The van der Waals surface area contributed by atoms with E-state index < -0.39 is 36.1 Å². The number of amides is 4. The zero-order chi connectivity index (χ0) is 19.9. The highest BCUT2D eigenvalue weighted by molar-refractivity contribution is 5.94. The predicted octanol–water partition coefficient (Wildman–Crippen LogP) is 0.872. The second-order valence-corrected chi connectivity index (χ2v) is 6.06. The normalized spacial score (nSPS) is 12.8. The van der Waals surface area contributed by atoms with E-state index in [1.165, 1.54) is 0 Å². The van der Waals surface area contributed by atoms with Crippen molar-refractivity contribution in [1.82, 2.24) is 21.3 Å². The molecule has 0 aromatic carbocycles. The largest absolute Gasteiger partial charge is 0.465 e. The second kappa shape index (κ2) is 14.0. The van der Waals surface area contributed by atoms with Gasteiger partial charge < -0.3 is 20.8 Å². The number of imide groups is 2. The smallest absolute Gasteiger partial charge is 0.411 e. The van der Waals surface area contributed by atoms with Crippen molar-refractivity contribution in [1.29, 1.82) is 0 Å². The topological polar surface area (TPSA) is 157 Å². The van der Waals surface area contributed by atoms with Crippen LogP contribution in [0.4, 0.5) is 9.59 Å². The Bertz CT molecular complexity index is 430. The Morgan fingerprint density at radius 1 is 0.654 bits per heavy atom. The van der Waals surface area contributed by atoms with Crippen LogP contribution in [0, 0.1) is 0 Å². The predicted molar refractivity (Wildman–Crippen MR) is 95.0 cm³/mol. The number of nitrogens with one attached hydrogen (secondary N) is 4. The Balaban J connectivity index is 3.49. The summed E-state index contributed by atoms with van der Waals surface area (Å²) in [4.78, 5) is 43.4. The summed E-state index contributed by atoms with van der Waals surface area (Å²) >= 11 is 0. The Morgan fingerprint density at radius 3 is 1.27 bits per heavy atom. The number of carbonyl (C=O) groups is 4. The number of hydrogen-bond acceptors (Lipinski definition) is 6. The molecule has 150 valence electrons. The van der Waals surface area contributed by atoms with E-state index in [0.29, 0.717) is 13.1 Å². The van der Waals surface area contributed by atoms with E-state index in [1.807, 2.05) is 0 Å². The number of unbranched alkanes of at least 4 members (excludes halogenated alkanes) is 5. The highest BCUT2D eigenvalue weighted by Crippen LogP contribution is 2.04. The maximum atomic E-state index is 11.3. The Kier molecular flexibility index (Phi) is 12.8. The molecular weight excluding hydrogens is 344 g/mol. The average Bonchev–Trinajstić information content (AvgIpc) is 2.54. The van der Waals surface area contributed by atoms with Crippen molar-refractivity contribution in [3.63, 3.8) is 0 Å². The molecule has 0 saturated heterocycles. The van der Waals surface area contributed by atoms with Gasteiger partial charge in [0.25, 0.3) is 0 Å². The summed E-state index contributed by atoms with van der Waals surface area (Å²) in [6, 6.07) is -1.09. The van der Waals surface area contributed by atoms with Crippen molar-refractivity contribution in [2.75, 3.05) is 13.1 Å². The second-order valence-electron chi connectivity index (χ2n) is 6.06. The molecule has 0 fully saturated rings. The lowest BCUT2D eigenvalue weighted by Crippen LogP contribution is -2.44. The molecule has 0 heterocycles. The number of carbonyl (C=O) groups excluding carboxylic acids is 2. The molecule has 0 radical (unpaired) electrons. The summed E-state index contributed by atoms with van der Waals surface area (Å²) < 4.78 is 0. The molecule has 0 aliphatic heterocycles. The van der Waals surface area contributed by atoms with Crippen LogP contribution in [-0.4, -0.2) is 59.4 Å². The average molecular weight is 374 g/mol. The molecule has 0 rings (SSSR count). The van der Waals surface area contributed by atoms with E-state index in [0.717, 1.165) is 38.5 Å². The lowest BCUT2D eigenvalue weighted by molar-refractivity contribution is -0.122. The molecule has 10 heteroatoms. The van der Waals surface area contributed by atoms with Crippen molar-refractivity contribution in [2.45, 2.75) is 64.5 Å². The minimum absolute atomic E-state index is 0.544. The van der Waals surface area contributed by atoms with E-state index in [9.17, 15) is 19.2 Å². The molecule has 0 bridgehead atoms. The molecule has 0 aromatic rings. The molecule has 4 amide bonds. The van der Waals surface area contributed by atoms with Gasteiger partial charge in [-0.1, -0.05) is 25.7 Å². The monoisotopic (exact) mass is 374 g/mol. The lowest BCUT2D eigenvalue weighted by atomic mass is 10.1. The van der Waals surface area contributed by atoms with Crippen LogP contribution < -0.4 is 21.3 Å². The lowest BCUT2D eigenvalue weighted by Gasteiger charge is -2.12. The molecule has 0 spiro atoms. The van der Waals surface area contributed by atoms with E-state index in [4.69, 9.17) is 10.2 Å². The van der Waals surface area contributed by atoms with Crippen molar-refractivity contribution in [2.24, 2.45) is 0 Å². The zero-order valence-electron chi connectivity index (χ0n) is 15.3. The fourth-order valence-corrected chi connectivity index (χ4v) is 2.21. The minimum atomic E-state index is -1.35. The first-order valence-corrected chi connectivity index (χ1v) is 8.78. The molecular formula is C16H30N4O6. The number of carboxylic acid groups (broad SMARTS) is 2. The highest BCUT2D eigenvalue weighted by Gasteiger charge is 2.14. The standard InChI is InChI=1S/C16H30N4O6/c1-11(13(21)19-15(23)24)17-9-7-5-3-4-6-8-10-18-12(2)14(22)20-16(25)26/h11-12,17-18H,3-10H2,1-2H3,(H,19,21)(H,20,22)(H,23,24)(H,25,26). The van der Waals surface area contributed by atoms with Crippen LogP contribution in [0.15, 0.2) is 0 Å². The van der Waals surface area contributed by atoms with E-state index in [-0.39, 0.29) is 0 Å². The van der Waals surface area contributed by atoms with Gasteiger partial charge in [-0.15, -0.1) is 0 Å². The summed E-state index contributed by atoms with van der Waals surface area (Å²) in [7, 11) is 0. The summed E-state index contributed by atoms with van der Waals surface area (Å²) in [5.41, 5.74) is 0. The molecule has 0 aromatic heterocycles. The van der Waals surface area contributed by atoms with Gasteiger partial charge in [-0.05, 0) is 39.8 Å². The minimum Gasteiger partial charge on any atom is -0.465 e. The van der Waals surface area contributed by atoms with Crippen LogP contribution in [0.25, 0.3) is 0 Å². The van der Waals surface area contributed by atoms with Crippen molar-refractivity contribution in [3.05, 3.63) is 0 Å². The third-order valence-electron chi connectivity index (χ3n) is 3.75. The Morgan fingerprint density at radius 2 is 0.962 bits per heavy atom. The van der Waals surface area contributed by atoms with Crippen LogP contribution in [0.5, 0.6) is 0 Å². The first-order valence-electron chi connectivity index (χ1n) is 8.78. The van der Waals surface area contributed by atoms with Crippen LogP contribution >= 0.6 is 0 Å². The maximum Gasteiger partial charge on any atom is 0.411 e. The third-order valence-corrected chi connectivity index (χ3v) is 3.75. The number of rotatable bonds is 13. The van der Waals surface area contributed by atoms with Crippen molar-refractivity contribution < 1.29 is 29.4 Å². The zero-order valence-corrected chi connectivity index (χ0v) is 15.3. The Labute approximate surface area is 153 Å².